The summed E-state index contributed by atoms with van der Waals surface area (Å²) in [5.74, 6) is -0.409. The van der Waals surface area contributed by atoms with Crippen molar-refractivity contribution in [2.75, 3.05) is 6.61 Å². The van der Waals surface area contributed by atoms with Gasteiger partial charge in [0, 0.05) is 15.4 Å². The van der Waals surface area contributed by atoms with Crippen LogP contribution in [0.2, 0.25) is 0 Å². The molecule has 5 heteroatoms. The zero-order chi connectivity index (χ0) is 17.0. The van der Waals surface area contributed by atoms with E-state index in [1.807, 2.05) is 45.0 Å². The summed E-state index contributed by atoms with van der Waals surface area (Å²) in [6.07, 6.45) is 0.839. The molecule has 0 bridgehead atoms. The number of aryl methyl sites for hydroxylation is 3. The number of carboxylic acids is 1. The average molecular weight is 330 g/mol. The Morgan fingerprint density at radius 3 is 2.39 bits per heavy atom. The number of rotatable bonds is 6. The number of carboxylic acid groups (broad SMARTS) is 1. The van der Waals surface area contributed by atoms with Crippen molar-refractivity contribution in [2.24, 2.45) is 0 Å². The van der Waals surface area contributed by atoms with E-state index in [-0.39, 0.29) is 6.61 Å². The standard InChI is InChI=1S/C18H18O4S/c1-11-8-17(13(3)7-15(11)22-10-18(20)21)23-16-5-4-14(9-19)6-12(16)2/h4-9H,10H2,1-3H3,(H,20,21). The van der Waals surface area contributed by atoms with Crippen LogP contribution >= 0.6 is 11.8 Å². The van der Waals surface area contributed by atoms with Gasteiger partial charge in [-0.05, 0) is 61.7 Å². The summed E-state index contributed by atoms with van der Waals surface area (Å²) >= 11 is 1.62. The highest BCUT2D eigenvalue weighted by molar-refractivity contribution is 7.99. The number of hydrogen-bond donors (Lipinski definition) is 1. The van der Waals surface area contributed by atoms with Gasteiger partial charge in [0.2, 0.25) is 0 Å². The summed E-state index contributed by atoms with van der Waals surface area (Å²) in [5, 5.41) is 8.70. The lowest BCUT2D eigenvalue weighted by Gasteiger charge is -2.13. The summed E-state index contributed by atoms with van der Waals surface area (Å²) in [5.41, 5.74) is 3.61. The van der Waals surface area contributed by atoms with Gasteiger partial charge in [-0.25, -0.2) is 4.79 Å². The van der Waals surface area contributed by atoms with Crippen molar-refractivity contribution in [3.05, 3.63) is 52.6 Å². The molecule has 1 N–H and O–H groups in total. The zero-order valence-corrected chi connectivity index (χ0v) is 14.1. The van der Waals surface area contributed by atoms with Crippen LogP contribution in [-0.4, -0.2) is 24.0 Å². The van der Waals surface area contributed by atoms with E-state index >= 15 is 0 Å². The normalized spacial score (nSPS) is 10.4. The summed E-state index contributed by atoms with van der Waals surface area (Å²) in [6, 6.07) is 9.45. The molecule has 120 valence electrons. The van der Waals surface area contributed by atoms with Crippen LogP contribution in [-0.2, 0) is 4.79 Å². The maximum Gasteiger partial charge on any atom is 0.341 e. The van der Waals surface area contributed by atoms with Crippen molar-refractivity contribution in [1.82, 2.24) is 0 Å². The third-order valence-corrected chi connectivity index (χ3v) is 4.72. The van der Waals surface area contributed by atoms with Gasteiger partial charge in [-0.3, -0.25) is 4.79 Å². The Balaban J connectivity index is 2.25. The first-order valence-electron chi connectivity index (χ1n) is 7.10. The van der Waals surface area contributed by atoms with Crippen molar-refractivity contribution in [3.8, 4) is 5.75 Å². The van der Waals surface area contributed by atoms with Crippen LogP contribution in [0.1, 0.15) is 27.0 Å². The van der Waals surface area contributed by atoms with Crippen LogP contribution in [0, 0.1) is 20.8 Å². The lowest BCUT2D eigenvalue weighted by molar-refractivity contribution is -0.139. The zero-order valence-electron chi connectivity index (χ0n) is 13.3. The molecule has 0 saturated carbocycles. The largest absolute Gasteiger partial charge is 0.482 e. The van der Waals surface area contributed by atoms with Crippen LogP contribution in [0.3, 0.4) is 0 Å². The lowest BCUT2D eigenvalue weighted by atomic mass is 10.1. The fraction of sp³-hybridized carbons (Fsp3) is 0.222. The Morgan fingerprint density at radius 2 is 1.78 bits per heavy atom. The summed E-state index contributed by atoms with van der Waals surface area (Å²) in [7, 11) is 0. The quantitative estimate of drug-likeness (QED) is 0.810. The van der Waals surface area contributed by atoms with Gasteiger partial charge in [-0.2, -0.15) is 0 Å². The Morgan fingerprint density at radius 1 is 1.09 bits per heavy atom. The van der Waals surface area contributed by atoms with Gasteiger partial charge < -0.3 is 9.84 Å². The molecule has 0 atom stereocenters. The van der Waals surface area contributed by atoms with E-state index in [0.29, 0.717) is 11.3 Å². The highest BCUT2D eigenvalue weighted by Crippen LogP contribution is 2.35. The molecule has 0 radical (unpaired) electrons. The van der Waals surface area contributed by atoms with Crippen molar-refractivity contribution in [2.45, 2.75) is 30.6 Å². The van der Waals surface area contributed by atoms with E-state index in [1.54, 1.807) is 17.8 Å². The minimum Gasteiger partial charge on any atom is -0.482 e. The van der Waals surface area contributed by atoms with E-state index in [0.717, 1.165) is 32.8 Å². The molecular weight excluding hydrogens is 312 g/mol. The monoisotopic (exact) mass is 330 g/mol. The van der Waals surface area contributed by atoms with Gasteiger partial charge in [0.05, 0.1) is 0 Å². The Bertz CT molecular complexity index is 753. The van der Waals surface area contributed by atoms with Crippen molar-refractivity contribution < 1.29 is 19.4 Å². The molecule has 0 aliphatic rings. The van der Waals surface area contributed by atoms with Crippen molar-refractivity contribution >= 4 is 24.0 Å². The van der Waals surface area contributed by atoms with Crippen LogP contribution in [0.15, 0.2) is 40.1 Å². The number of ether oxygens (including phenoxy) is 1. The first-order chi connectivity index (χ1) is 10.9. The molecule has 0 aromatic heterocycles. The third kappa shape index (κ3) is 4.36. The number of aliphatic carboxylic acids is 1. The second kappa shape index (κ2) is 7.33. The molecule has 0 amide bonds. The number of benzene rings is 2. The second-order valence-electron chi connectivity index (χ2n) is 5.31. The molecule has 4 nitrogen and oxygen atoms in total. The van der Waals surface area contributed by atoms with Crippen molar-refractivity contribution in [3.63, 3.8) is 0 Å². The molecule has 0 spiro atoms. The molecular formula is C18H18O4S. The van der Waals surface area contributed by atoms with Crippen LogP contribution in [0.4, 0.5) is 0 Å². The van der Waals surface area contributed by atoms with Crippen molar-refractivity contribution in [1.29, 1.82) is 0 Å². The smallest absolute Gasteiger partial charge is 0.341 e. The highest BCUT2D eigenvalue weighted by atomic mass is 32.2. The Labute approximate surface area is 139 Å². The minimum absolute atomic E-state index is 0.348. The van der Waals surface area contributed by atoms with Gasteiger partial charge in [0.25, 0.3) is 0 Å². The Hall–Kier alpha value is -2.27. The number of carbonyl (C=O) groups is 2. The number of aldehydes is 1. The predicted octanol–water partition coefficient (Wildman–Crippen LogP) is 4.04. The van der Waals surface area contributed by atoms with E-state index in [9.17, 15) is 9.59 Å². The molecule has 0 heterocycles. The fourth-order valence-electron chi connectivity index (χ4n) is 2.15. The summed E-state index contributed by atoms with van der Waals surface area (Å²) < 4.78 is 5.29. The maximum atomic E-state index is 10.8. The molecule has 0 unspecified atom stereocenters. The minimum atomic E-state index is -0.994. The van der Waals surface area contributed by atoms with E-state index in [1.165, 1.54) is 0 Å². The van der Waals surface area contributed by atoms with Crippen LogP contribution in [0.5, 0.6) is 5.75 Å². The molecule has 2 aromatic rings. The van der Waals surface area contributed by atoms with Gasteiger partial charge in [-0.1, -0.05) is 17.8 Å². The summed E-state index contributed by atoms with van der Waals surface area (Å²) in [4.78, 5) is 23.6. The highest BCUT2D eigenvalue weighted by Gasteiger charge is 2.10. The van der Waals surface area contributed by atoms with Gasteiger partial charge >= 0.3 is 5.97 Å². The predicted molar refractivity (Wildman–Crippen MR) is 89.7 cm³/mol. The molecule has 2 rings (SSSR count). The first kappa shape index (κ1) is 17.1. The second-order valence-corrected chi connectivity index (χ2v) is 6.39. The number of carbonyl (C=O) groups excluding carboxylic acids is 1. The molecule has 2 aromatic carbocycles. The van der Waals surface area contributed by atoms with Crippen LogP contribution in [0.25, 0.3) is 0 Å². The van der Waals surface area contributed by atoms with Gasteiger partial charge in [-0.15, -0.1) is 0 Å². The van der Waals surface area contributed by atoms with Crippen LogP contribution < -0.4 is 4.74 Å². The number of hydrogen-bond acceptors (Lipinski definition) is 4. The average Bonchev–Trinajstić information content (AvgIpc) is 2.50. The maximum absolute atomic E-state index is 10.8. The SMILES string of the molecule is Cc1cc(Sc2ccc(C=O)cc2C)c(C)cc1OCC(=O)O. The topological polar surface area (TPSA) is 63.6 Å². The lowest BCUT2D eigenvalue weighted by Crippen LogP contribution is -2.10. The molecule has 0 saturated heterocycles. The molecule has 23 heavy (non-hydrogen) atoms. The molecule has 0 fully saturated rings. The summed E-state index contributed by atoms with van der Waals surface area (Å²) in [6.45, 7) is 5.48. The van der Waals surface area contributed by atoms with E-state index < -0.39 is 5.97 Å². The van der Waals surface area contributed by atoms with E-state index in [2.05, 4.69) is 0 Å². The van der Waals surface area contributed by atoms with E-state index in [4.69, 9.17) is 9.84 Å². The molecule has 0 aliphatic carbocycles. The van der Waals surface area contributed by atoms with Gasteiger partial charge in [0.1, 0.15) is 12.0 Å². The fourth-order valence-corrected chi connectivity index (χ4v) is 3.20. The molecule has 0 aliphatic heterocycles. The third-order valence-electron chi connectivity index (χ3n) is 3.38. The van der Waals surface area contributed by atoms with Gasteiger partial charge in [0.15, 0.2) is 6.61 Å². The first-order valence-corrected chi connectivity index (χ1v) is 7.92. The Kier molecular flexibility index (Phi) is 5.45.